The Morgan fingerprint density at radius 1 is 1.14 bits per heavy atom. The van der Waals surface area contributed by atoms with E-state index >= 15 is 0 Å². The van der Waals surface area contributed by atoms with E-state index in [9.17, 15) is 29.5 Å². The van der Waals surface area contributed by atoms with Gasteiger partial charge in [0.15, 0.2) is 5.76 Å². The number of carboxylic acid groups (broad SMARTS) is 1. The fourth-order valence-electron chi connectivity index (χ4n) is 3.92. The van der Waals surface area contributed by atoms with E-state index in [1.165, 1.54) is 31.4 Å². The summed E-state index contributed by atoms with van der Waals surface area (Å²) in [7, 11) is 1.37. The monoisotopic (exact) mass is 503 g/mol. The van der Waals surface area contributed by atoms with Gasteiger partial charge in [-0.3, -0.25) is 19.6 Å². The number of unbranched alkanes of at least 4 members (excludes halogenated alkanes) is 2. The van der Waals surface area contributed by atoms with Gasteiger partial charge in [-0.2, -0.15) is 0 Å². The summed E-state index contributed by atoms with van der Waals surface area (Å²) in [6, 6.07) is 6.78. The van der Waals surface area contributed by atoms with E-state index < -0.39 is 29.7 Å². The number of carbonyl (C=O) groups excluding carboxylic acids is 3. The Hall–Kier alpha value is -3.86. The van der Waals surface area contributed by atoms with E-state index in [2.05, 4.69) is 10.6 Å². The van der Waals surface area contributed by atoms with Crippen LogP contribution in [0.2, 0.25) is 0 Å². The maximum atomic E-state index is 12.8. The summed E-state index contributed by atoms with van der Waals surface area (Å²) >= 11 is 0. The molecule has 2 aromatic rings. The summed E-state index contributed by atoms with van der Waals surface area (Å²) in [6.07, 6.45) is 3.78. The normalized spacial score (nSPS) is 12.3. The number of hydrogen-bond acceptors (Lipinski definition) is 7. The van der Waals surface area contributed by atoms with Crippen molar-refractivity contribution in [2.75, 3.05) is 13.8 Å². The Bertz CT molecular complexity index is 1050. The summed E-state index contributed by atoms with van der Waals surface area (Å²) in [4.78, 5) is 47.8. The average Bonchev–Trinajstić information content (AvgIpc) is 3.38. The molecule has 0 spiro atoms. The van der Waals surface area contributed by atoms with Gasteiger partial charge in [0.25, 0.3) is 5.91 Å². The number of methoxy groups -OCH3 is 1. The first-order valence-electron chi connectivity index (χ1n) is 11.8. The molecule has 4 N–H and O–H groups in total. The number of hydroxylamine groups is 2. The van der Waals surface area contributed by atoms with Crippen molar-refractivity contribution in [3.8, 4) is 17.1 Å². The van der Waals surface area contributed by atoms with Gasteiger partial charge in [0.2, 0.25) is 12.3 Å². The van der Waals surface area contributed by atoms with Crippen molar-refractivity contribution < 1.29 is 38.6 Å². The van der Waals surface area contributed by atoms with Crippen molar-refractivity contribution >= 4 is 24.2 Å². The molecule has 0 aliphatic rings. The molecule has 2 atom stereocenters. The molecule has 2 rings (SSSR count). The molecule has 1 heterocycles. The molecule has 0 aliphatic heterocycles. The highest BCUT2D eigenvalue weighted by atomic mass is 16.5. The first-order chi connectivity index (χ1) is 17.3. The van der Waals surface area contributed by atoms with E-state index in [0.29, 0.717) is 23.5 Å². The lowest BCUT2D eigenvalue weighted by atomic mass is 9.90. The van der Waals surface area contributed by atoms with Crippen LogP contribution in [0.1, 0.15) is 66.9 Å². The number of nitrogens with one attached hydrogen (secondary N) is 2. The van der Waals surface area contributed by atoms with Crippen LogP contribution in [0, 0.1) is 5.92 Å². The van der Waals surface area contributed by atoms with Crippen LogP contribution < -0.4 is 15.4 Å². The second kappa shape index (κ2) is 13.9. The number of benzene rings is 1. The van der Waals surface area contributed by atoms with Crippen molar-refractivity contribution in [1.29, 1.82) is 0 Å². The van der Waals surface area contributed by atoms with Gasteiger partial charge in [-0.25, -0.2) is 9.86 Å². The predicted molar refractivity (Wildman–Crippen MR) is 130 cm³/mol. The summed E-state index contributed by atoms with van der Waals surface area (Å²) in [5.74, 6) is -2.32. The van der Waals surface area contributed by atoms with Crippen LogP contribution in [0.3, 0.4) is 0 Å². The maximum Gasteiger partial charge on any atom is 0.339 e. The summed E-state index contributed by atoms with van der Waals surface area (Å²) < 4.78 is 10.6. The van der Waals surface area contributed by atoms with Crippen molar-refractivity contribution in [1.82, 2.24) is 15.7 Å². The smallest absolute Gasteiger partial charge is 0.339 e. The molecule has 36 heavy (non-hydrogen) atoms. The van der Waals surface area contributed by atoms with Gasteiger partial charge in [0.1, 0.15) is 17.1 Å². The minimum absolute atomic E-state index is 0.0274. The summed E-state index contributed by atoms with van der Waals surface area (Å²) in [5.41, 5.74) is 0.403. The number of nitrogens with zero attached hydrogens (tertiary/aromatic N) is 1. The lowest BCUT2D eigenvalue weighted by Crippen LogP contribution is -2.47. The molecule has 0 aliphatic carbocycles. The third-order valence-corrected chi connectivity index (χ3v) is 5.84. The number of hydrogen-bond donors (Lipinski definition) is 4. The van der Waals surface area contributed by atoms with E-state index in [1.54, 1.807) is 13.0 Å². The molecule has 1 unspecified atom stereocenters. The van der Waals surface area contributed by atoms with E-state index in [0.717, 1.165) is 19.3 Å². The van der Waals surface area contributed by atoms with Gasteiger partial charge in [0.05, 0.1) is 25.7 Å². The van der Waals surface area contributed by atoms with Crippen LogP contribution in [0.25, 0.3) is 11.3 Å². The molecule has 1 aromatic heterocycles. The highest BCUT2D eigenvalue weighted by Gasteiger charge is 2.30. The van der Waals surface area contributed by atoms with E-state index in [-0.39, 0.29) is 35.9 Å². The first kappa shape index (κ1) is 28.4. The molecule has 0 saturated carbocycles. The number of rotatable bonds is 15. The quantitative estimate of drug-likeness (QED) is 0.0947. The molecule has 1 aromatic carbocycles. The highest BCUT2D eigenvalue weighted by molar-refractivity contribution is 5.94. The zero-order chi connectivity index (χ0) is 26.7. The second-order valence-corrected chi connectivity index (χ2v) is 8.17. The Morgan fingerprint density at radius 2 is 1.89 bits per heavy atom. The fraction of sp³-hybridized carbons (Fsp3) is 0.440. The summed E-state index contributed by atoms with van der Waals surface area (Å²) in [6.45, 7) is 3.62. The highest BCUT2D eigenvalue weighted by Crippen LogP contribution is 2.28. The molecule has 0 fully saturated rings. The maximum absolute atomic E-state index is 12.8. The van der Waals surface area contributed by atoms with Gasteiger partial charge in [-0.15, -0.1) is 0 Å². The van der Waals surface area contributed by atoms with Gasteiger partial charge in [0, 0.05) is 5.56 Å². The van der Waals surface area contributed by atoms with Crippen LogP contribution >= 0.6 is 0 Å². The predicted octanol–water partition coefficient (Wildman–Crippen LogP) is 3.28. The molecule has 0 saturated heterocycles. The van der Waals surface area contributed by atoms with Crippen LogP contribution in [0.5, 0.6) is 5.75 Å². The van der Waals surface area contributed by atoms with Gasteiger partial charge in [-0.05, 0) is 43.2 Å². The Morgan fingerprint density at radius 3 is 2.50 bits per heavy atom. The summed E-state index contributed by atoms with van der Waals surface area (Å²) in [5, 5.41) is 24.9. The standard InChI is InChI=1S/C25H33N3O8/c1-4-6-7-8-17(19(5-2)28(34)15-29)23(30)26-14-27-24(31)22-12-11-20(36-22)16-9-10-21(35-3)18(13-16)25(32)33/h9-13,15,17,19,34H,4-8,14H2,1-3H3,(H,26,30)(H,27,31)(H,32,33)/t17?,19-/m1/s1. The number of ether oxygens (including phenoxy) is 1. The molecule has 196 valence electrons. The third-order valence-electron chi connectivity index (χ3n) is 5.84. The van der Waals surface area contributed by atoms with Crippen LogP contribution in [-0.4, -0.2) is 59.4 Å². The topological polar surface area (TPSA) is 158 Å². The molecule has 11 nitrogen and oxygen atoms in total. The largest absolute Gasteiger partial charge is 0.496 e. The van der Waals surface area contributed by atoms with Gasteiger partial charge < -0.3 is 24.9 Å². The molecule has 11 heteroatoms. The van der Waals surface area contributed by atoms with E-state index in [1.807, 2.05) is 6.92 Å². The lowest BCUT2D eigenvalue weighted by Gasteiger charge is -2.29. The van der Waals surface area contributed by atoms with Crippen LogP contribution in [0.15, 0.2) is 34.7 Å². The molecule has 3 amide bonds. The Balaban J connectivity index is 2.02. The van der Waals surface area contributed by atoms with Gasteiger partial charge in [-0.1, -0.05) is 33.1 Å². The Labute approximate surface area is 209 Å². The molecule has 0 bridgehead atoms. The van der Waals surface area contributed by atoms with E-state index in [4.69, 9.17) is 9.15 Å². The van der Waals surface area contributed by atoms with Crippen molar-refractivity contribution in [2.24, 2.45) is 5.92 Å². The SMILES string of the molecule is CCCCCC(C(=O)NCNC(=O)c1ccc(-c2ccc(OC)c(C(=O)O)c2)o1)[C@@H](CC)N(O)C=O. The molecule has 0 radical (unpaired) electrons. The van der Waals surface area contributed by atoms with Crippen molar-refractivity contribution in [3.63, 3.8) is 0 Å². The zero-order valence-electron chi connectivity index (χ0n) is 20.7. The minimum Gasteiger partial charge on any atom is -0.496 e. The van der Waals surface area contributed by atoms with Gasteiger partial charge >= 0.3 is 5.97 Å². The number of amides is 3. The molecular formula is C25H33N3O8. The Kier molecular flexibility index (Phi) is 10.9. The number of furan rings is 1. The minimum atomic E-state index is -1.16. The number of aromatic carboxylic acids is 1. The van der Waals surface area contributed by atoms with Crippen molar-refractivity contribution in [3.05, 3.63) is 41.7 Å². The lowest BCUT2D eigenvalue weighted by molar-refractivity contribution is -0.168. The van der Waals surface area contributed by atoms with Crippen molar-refractivity contribution in [2.45, 2.75) is 52.0 Å². The van der Waals surface area contributed by atoms with Crippen LogP contribution in [0.4, 0.5) is 0 Å². The average molecular weight is 504 g/mol. The first-order valence-corrected chi connectivity index (χ1v) is 11.8. The second-order valence-electron chi connectivity index (χ2n) is 8.17. The number of carboxylic acids is 1. The third kappa shape index (κ3) is 7.32. The fourth-order valence-corrected chi connectivity index (χ4v) is 3.92. The molecular weight excluding hydrogens is 470 g/mol. The zero-order valence-corrected chi connectivity index (χ0v) is 20.7. The number of carbonyl (C=O) groups is 4. The van der Waals surface area contributed by atoms with Crippen LogP contribution in [-0.2, 0) is 9.59 Å².